The molecule has 0 radical (unpaired) electrons. The van der Waals surface area contributed by atoms with E-state index in [1.807, 2.05) is 12.3 Å². The van der Waals surface area contributed by atoms with Gasteiger partial charge < -0.3 is 20.1 Å². The number of thioether (sulfide) groups is 1. The Bertz CT molecular complexity index is 1090. The van der Waals surface area contributed by atoms with Crippen molar-refractivity contribution >= 4 is 40.1 Å². The Kier molecular flexibility index (Phi) is 6.95. The molecule has 2 heterocycles. The molecule has 9 nitrogen and oxygen atoms in total. The number of rotatable bonds is 8. The number of methoxy groups -OCH3 is 1. The molecular formula is C19H20N4O5S2. The number of aromatic amines is 1. The Hall–Kier alpha value is -3.05. The first-order valence-corrected chi connectivity index (χ1v) is 11.2. The van der Waals surface area contributed by atoms with Gasteiger partial charge in [0.15, 0.2) is 10.8 Å². The smallest absolute Gasteiger partial charge is 0.357 e. The maximum absolute atomic E-state index is 13.0. The molecule has 158 valence electrons. The molecule has 0 saturated heterocycles. The van der Waals surface area contributed by atoms with Crippen LogP contribution in [-0.4, -0.2) is 50.6 Å². The lowest BCUT2D eigenvalue weighted by atomic mass is 10.1. The third-order valence-electron chi connectivity index (χ3n) is 4.30. The molecule has 1 atom stereocenters. The molecule has 0 unspecified atom stereocenters. The molecule has 3 rings (SSSR count). The number of ether oxygens (including phenoxy) is 1. The van der Waals surface area contributed by atoms with E-state index in [1.54, 1.807) is 24.3 Å². The fraction of sp³-hybridized carbons (Fsp3) is 0.263. The Morgan fingerprint density at radius 2 is 2.10 bits per heavy atom. The summed E-state index contributed by atoms with van der Waals surface area (Å²) >= 11 is 2.57. The number of H-pyrrole nitrogens is 1. The number of carbonyl (C=O) groups excluding carboxylic acids is 2. The van der Waals surface area contributed by atoms with Crippen molar-refractivity contribution in [3.63, 3.8) is 0 Å². The first kappa shape index (κ1) is 21.7. The van der Waals surface area contributed by atoms with Crippen molar-refractivity contribution in [2.45, 2.75) is 12.5 Å². The predicted octanol–water partition coefficient (Wildman–Crippen LogP) is 2.72. The van der Waals surface area contributed by atoms with Crippen molar-refractivity contribution in [1.82, 2.24) is 14.5 Å². The second kappa shape index (κ2) is 9.63. The molecule has 0 spiro atoms. The SMILES string of the molecule is COC(=O)c1csc(NC(=O)[C@H](CCSC)n2c(O)c(-c3ccccc3)[nH]c2=O)n1. The number of benzene rings is 1. The highest BCUT2D eigenvalue weighted by Crippen LogP contribution is 2.30. The summed E-state index contributed by atoms with van der Waals surface area (Å²) in [5, 5.41) is 15.0. The van der Waals surface area contributed by atoms with Crippen LogP contribution < -0.4 is 11.0 Å². The van der Waals surface area contributed by atoms with E-state index >= 15 is 0 Å². The summed E-state index contributed by atoms with van der Waals surface area (Å²) in [4.78, 5) is 43.8. The molecule has 0 aliphatic carbocycles. The normalized spacial score (nSPS) is 11.8. The van der Waals surface area contributed by atoms with Crippen molar-refractivity contribution in [3.8, 4) is 17.1 Å². The number of hydrogen-bond donors (Lipinski definition) is 3. The van der Waals surface area contributed by atoms with Crippen molar-refractivity contribution in [2.75, 3.05) is 24.4 Å². The lowest BCUT2D eigenvalue weighted by molar-refractivity contribution is -0.119. The van der Waals surface area contributed by atoms with Gasteiger partial charge in [-0.25, -0.2) is 14.6 Å². The molecule has 0 aliphatic rings. The van der Waals surface area contributed by atoms with Crippen LogP contribution in [0.15, 0.2) is 40.5 Å². The van der Waals surface area contributed by atoms with E-state index < -0.39 is 23.6 Å². The Morgan fingerprint density at radius 3 is 2.77 bits per heavy atom. The van der Waals surface area contributed by atoms with Gasteiger partial charge in [0.05, 0.1) is 7.11 Å². The zero-order valence-corrected chi connectivity index (χ0v) is 17.9. The molecule has 1 aromatic carbocycles. The second-order valence-electron chi connectivity index (χ2n) is 6.18. The van der Waals surface area contributed by atoms with Crippen molar-refractivity contribution < 1.29 is 19.4 Å². The van der Waals surface area contributed by atoms with Crippen molar-refractivity contribution in [3.05, 3.63) is 51.9 Å². The van der Waals surface area contributed by atoms with Crippen LogP contribution in [0.5, 0.6) is 5.88 Å². The molecule has 1 amide bonds. The first-order valence-electron chi connectivity index (χ1n) is 8.88. The predicted molar refractivity (Wildman–Crippen MR) is 116 cm³/mol. The highest BCUT2D eigenvalue weighted by atomic mass is 32.2. The van der Waals surface area contributed by atoms with Gasteiger partial charge in [0.25, 0.3) is 0 Å². The third-order valence-corrected chi connectivity index (χ3v) is 5.71. The molecule has 11 heteroatoms. The van der Waals surface area contributed by atoms with Crippen LogP contribution in [0.4, 0.5) is 5.13 Å². The molecule has 3 N–H and O–H groups in total. The van der Waals surface area contributed by atoms with E-state index in [9.17, 15) is 19.5 Å². The quantitative estimate of drug-likeness (QED) is 0.452. The van der Waals surface area contributed by atoms with Gasteiger partial charge in [0.1, 0.15) is 11.7 Å². The Labute approximate surface area is 180 Å². The van der Waals surface area contributed by atoms with E-state index in [1.165, 1.54) is 24.3 Å². The van der Waals surface area contributed by atoms with Crippen LogP contribution >= 0.6 is 23.1 Å². The van der Waals surface area contributed by atoms with Gasteiger partial charge in [0, 0.05) is 10.9 Å². The summed E-state index contributed by atoms with van der Waals surface area (Å²) in [5.41, 5.74) is 0.343. The first-order chi connectivity index (χ1) is 14.5. The molecule has 2 aromatic heterocycles. The zero-order valence-electron chi connectivity index (χ0n) is 16.2. The highest BCUT2D eigenvalue weighted by molar-refractivity contribution is 7.98. The topological polar surface area (TPSA) is 126 Å². The number of aromatic hydroxyl groups is 1. The van der Waals surface area contributed by atoms with Gasteiger partial charge in [-0.05, 0) is 18.4 Å². The summed E-state index contributed by atoms with van der Waals surface area (Å²) in [5.74, 6) is -0.869. The minimum Gasteiger partial charge on any atom is -0.493 e. The average molecular weight is 449 g/mol. The number of thiazole rings is 1. The monoisotopic (exact) mass is 448 g/mol. The standard InChI is InChI=1S/C19H20N4O5S2/c1-28-17(26)12-10-30-18(20-12)22-15(24)13(8-9-29-2)23-16(25)14(21-19(23)27)11-6-4-3-5-7-11/h3-7,10,13,25H,8-9H2,1-2H3,(H,21,27)(H,20,22,24)/t13-/m0/s1. The number of amides is 1. The Balaban J connectivity index is 1.92. The van der Waals surface area contributed by atoms with Crippen LogP contribution in [0, 0.1) is 0 Å². The maximum atomic E-state index is 13.0. The van der Waals surface area contributed by atoms with E-state index in [-0.39, 0.29) is 22.4 Å². The maximum Gasteiger partial charge on any atom is 0.357 e. The number of aromatic nitrogens is 3. The van der Waals surface area contributed by atoms with Gasteiger partial charge in [-0.3, -0.25) is 9.36 Å². The number of nitrogens with one attached hydrogen (secondary N) is 2. The number of imidazole rings is 1. The van der Waals surface area contributed by atoms with Gasteiger partial charge in [0.2, 0.25) is 11.8 Å². The molecular weight excluding hydrogens is 428 g/mol. The Morgan fingerprint density at radius 1 is 1.37 bits per heavy atom. The van der Waals surface area contributed by atoms with Crippen LogP contribution in [0.3, 0.4) is 0 Å². The number of esters is 1. The van der Waals surface area contributed by atoms with E-state index in [2.05, 4.69) is 20.0 Å². The van der Waals surface area contributed by atoms with Gasteiger partial charge in [-0.2, -0.15) is 11.8 Å². The van der Waals surface area contributed by atoms with Crippen molar-refractivity contribution in [1.29, 1.82) is 0 Å². The van der Waals surface area contributed by atoms with Crippen LogP contribution in [0.25, 0.3) is 11.3 Å². The van der Waals surface area contributed by atoms with E-state index in [0.717, 1.165) is 15.9 Å². The molecule has 0 bridgehead atoms. The van der Waals surface area contributed by atoms with Crippen LogP contribution in [0.2, 0.25) is 0 Å². The number of hydrogen-bond acceptors (Lipinski definition) is 8. The lowest BCUT2D eigenvalue weighted by Gasteiger charge is -2.17. The average Bonchev–Trinajstić information content (AvgIpc) is 3.33. The molecule has 0 fully saturated rings. The molecule has 0 aliphatic heterocycles. The molecule has 30 heavy (non-hydrogen) atoms. The number of nitrogens with zero attached hydrogens (tertiary/aromatic N) is 2. The number of anilines is 1. The molecule has 0 saturated carbocycles. The largest absolute Gasteiger partial charge is 0.493 e. The summed E-state index contributed by atoms with van der Waals surface area (Å²) in [6, 6.07) is 7.91. The molecule has 3 aromatic rings. The van der Waals surface area contributed by atoms with Gasteiger partial charge in [-0.15, -0.1) is 11.3 Å². The third kappa shape index (κ3) is 4.57. The zero-order chi connectivity index (χ0) is 21.7. The van der Waals surface area contributed by atoms with Gasteiger partial charge in [-0.1, -0.05) is 30.3 Å². The summed E-state index contributed by atoms with van der Waals surface area (Å²) in [6.45, 7) is 0. The fourth-order valence-electron chi connectivity index (χ4n) is 2.86. The minimum absolute atomic E-state index is 0.0755. The summed E-state index contributed by atoms with van der Waals surface area (Å²) in [7, 11) is 1.24. The summed E-state index contributed by atoms with van der Waals surface area (Å²) < 4.78 is 5.65. The number of carbonyl (C=O) groups is 2. The lowest BCUT2D eigenvalue weighted by Crippen LogP contribution is -2.32. The van der Waals surface area contributed by atoms with Gasteiger partial charge >= 0.3 is 11.7 Å². The minimum atomic E-state index is -0.968. The van der Waals surface area contributed by atoms with E-state index in [0.29, 0.717) is 17.7 Å². The summed E-state index contributed by atoms with van der Waals surface area (Å²) in [6.07, 6.45) is 2.19. The fourth-order valence-corrected chi connectivity index (χ4v) is 4.00. The van der Waals surface area contributed by atoms with E-state index in [4.69, 9.17) is 0 Å². The van der Waals surface area contributed by atoms with Crippen molar-refractivity contribution in [2.24, 2.45) is 0 Å². The highest BCUT2D eigenvalue weighted by Gasteiger charge is 2.28. The second-order valence-corrected chi connectivity index (χ2v) is 8.02. The van der Waals surface area contributed by atoms with Crippen LogP contribution in [0.1, 0.15) is 23.0 Å². The van der Waals surface area contributed by atoms with Crippen LogP contribution in [-0.2, 0) is 9.53 Å².